The monoisotopic (exact) mass is 184 g/mol. The van der Waals surface area contributed by atoms with Crippen molar-refractivity contribution < 1.29 is 0 Å². The van der Waals surface area contributed by atoms with Crippen LogP contribution in [-0.4, -0.2) is 4.98 Å². The zero-order chi connectivity index (χ0) is 7.73. The van der Waals surface area contributed by atoms with Gasteiger partial charge in [-0.05, 0) is 37.0 Å². The average molecular weight is 185 g/mol. The van der Waals surface area contributed by atoms with Gasteiger partial charge in [-0.2, -0.15) is 0 Å². The Hall–Kier alpha value is -0.600. The third kappa shape index (κ3) is 1.45. The first-order valence-electron chi connectivity index (χ1n) is 4.01. The second kappa shape index (κ2) is 3.42. The van der Waals surface area contributed by atoms with E-state index in [0.29, 0.717) is 0 Å². The fourth-order valence-corrected chi connectivity index (χ4v) is 1.53. The van der Waals surface area contributed by atoms with E-state index in [1.54, 1.807) is 0 Å². The summed E-state index contributed by atoms with van der Waals surface area (Å²) in [6.07, 6.45) is 7.12. The molecule has 0 bridgehead atoms. The van der Waals surface area contributed by atoms with Crippen LogP contribution in [0.15, 0.2) is 24.5 Å². The minimum Gasteiger partial charge on any atom is -0.321 e. The molecule has 1 aliphatic carbocycles. The Bertz CT molecular complexity index is 244. The summed E-state index contributed by atoms with van der Waals surface area (Å²) in [7, 11) is 0. The summed E-state index contributed by atoms with van der Waals surface area (Å²) in [6.45, 7) is 0. The number of aromatic nitrogens is 1. The van der Waals surface area contributed by atoms with Crippen molar-refractivity contribution in [3.8, 4) is 0 Å². The standard InChI is InChI=1S/C9H12N2.ClH/c10-9(4-1-5-9)8-2-6-11-7-3-8;/h2-3,6-7H,1,4-5,10H2;1H. The fourth-order valence-electron chi connectivity index (χ4n) is 1.53. The summed E-state index contributed by atoms with van der Waals surface area (Å²) in [5.41, 5.74) is 7.31. The molecule has 0 atom stereocenters. The van der Waals surface area contributed by atoms with Gasteiger partial charge >= 0.3 is 0 Å². The predicted octanol–water partition coefficient (Wildman–Crippen LogP) is 1.84. The van der Waals surface area contributed by atoms with Crippen molar-refractivity contribution in [1.29, 1.82) is 0 Å². The summed E-state index contributed by atoms with van der Waals surface area (Å²) in [6, 6.07) is 4.03. The maximum absolute atomic E-state index is 6.10. The number of nitrogens with zero attached hydrogens (tertiary/aromatic N) is 1. The molecule has 0 aliphatic heterocycles. The van der Waals surface area contributed by atoms with Crippen LogP contribution in [0.2, 0.25) is 0 Å². The van der Waals surface area contributed by atoms with Crippen molar-refractivity contribution in [3.05, 3.63) is 30.1 Å². The maximum Gasteiger partial charge on any atom is 0.0410 e. The predicted molar refractivity (Wildman–Crippen MR) is 51.2 cm³/mol. The molecule has 0 radical (unpaired) electrons. The topological polar surface area (TPSA) is 38.9 Å². The Morgan fingerprint density at radius 1 is 1.25 bits per heavy atom. The van der Waals surface area contributed by atoms with Gasteiger partial charge in [-0.25, -0.2) is 0 Å². The Morgan fingerprint density at radius 2 is 1.83 bits per heavy atom. The van der Waals surface area contributed by atoms with E-state index in [4.69, 9.17) is 5.73 Å². The third-order valence-corrected chi connectivity index (χ3v) is 2.50. The van der Waals surface area contributed by atoms with Gasteiger partial charge in [0.05, 0.1) is 0 Å². The van der Waals surface area contributed by atoms with Gasteiger partial charge in [-0.3, -0.25) is 4.98 Å². The van der Waals surface area contributed by atoms with Gasteiger partial charge in [0, 0.05) is 17.9 Å². The zero-order valence-corrected chi connectivity index (χ0v) is 7.68. The summed E-state index contributed by atoms with van der Waals surface area (Å²) >= 11 is 0. The summed E-state index contributed by atoms with van der Waals surface area (Å²) < 4.78 is 0. The Kier molecular flexibility index (Phi) is 2.70. The molecule has 2 nitrogen and oxygen atoms in total. The van der Waals surface area contributed by atoms with Crippen molar-refractivity contribution in [2.75, 3.05) is 0 Å². The number of pyridine rings is 1. The van der Waals surface area contributed by atoms with Gasteiger partial charge in [0.2, 0.25) is 0 Å². The van der Waals surface area contributed by atoms with Crippen LogP contribution >= 0.6 is 12.4 Å². The first kappa shape index (κ1) is 9.49. The minimum atomic E-state index is -0.0249. The van der Waals surface area contributed by atoms with E-state index in [1.165, 1.54) is 12.0 Å². The number of rotatable bonds is 1. The molecule has 0 spiro atoms. The normalized spacial score (nSPS) is 19.1. The van der Waals surface area contributed by atoms with Crippen molar-refractivity contribution in [2.45, 2.75) is 24.8 Å². The number of nitrogens with two attached hydrogens (primary N) is 1. The highest BCUT2D eigenvalue weighted by molar-refractivity contribution is 5.85. The van der Waals surface area contributed by atoms with Crippen molar-refractivity contribution in [1.82, 2.24) is 4.98 Å². The first-order chi connectivity index (χ1) is 5.31. The molecule has 1 fully saturated rings. The van der Waals surface area contributed by atoms with E-state index in [-0.39, 0.29) is 17.9 Å². The van der Waals surface area contributed by atoms with Crippen LogP contribution in [0.1, 0.15) is 24.8 Å². The second-order valence-electron chi connectivity index (χ2n) is 3.25. The number of hydrogen-bond donors (Lipinski definition) is 1. The summed E-state index contributed by atoms with van der Waals surface area (Å²) in [5.74, 6) is 0. The van der Waals surface area contributed by atoms with E-state index in [0.717, 1.165) is 12.8 Å². The van der Waals surface area contributed by atoms with Crippen molar-refractivity contribution >= 4 is 12.4 Å². The Morgan fingerprint density at radius 3 is 2.25 bits per heavy atom. The van der Waals surface area contributed by atoms with E-state index >= 15 is 0 Å². The second-order valence-corrected chi connectivity index (χ2v) is 3.25. The first-order valence-corrected chi connectivity index (χ1v) is 4.01. The van der Waals surface area contributed by atoms with Crippen molar-refractivity contribution in [3.63, 3.8) is 0 Å². The zero-order valence-electron chi connectivity index (χ0n) is 6.86. The maximum atomic E-state index is 6.10. The van der Waals surface area contributed by atoms with Crippen LogP contribution in [0.5, 0.6) is 0 Å². The molecule has 1 aromatic rings. The number of hydrogen-bond acceptors (Lipinski definition) is 2. The smallest absolute Gasteiger partial charge is 0.0410 e. The summed E-state index contributed by atoms with van der Waals surface area (Å²) in [5, 5.41) is 0. The molecule has 1 heterocycles. The van der Waals surface area contributed by atoms with E-state index < -0.39 is 0 Å². The molecule has 1 aromatic heterocycles. The minimum absolute atomic E-state index is 0. The molecule has 0 aromatic carbocycles. The molecular weight excluding hydrogens is 172 g/mol. The molecule has 3 heteroatoms. The third-order valence-electron chi connectivity index (χ3n) is 2.50. The lowest BCUT2D eigenvalue weighted by Crippen LogP contribution is -2.43. The van der Waals surface area contributed by atoms with Crippen LogP contribution in [0, 0.1) is 0 Å². The van der Waals surface area contributed by atoms with Crippen molar-refractivity contribution in [2.24, 2.45) is 5.73 Å². The average Bonchev–Trinajstić information content (AvgIpc) is 2.02. The molecular formula is C9H13ClN2. The quantitative estimate of drug-likeness (QED) is 0.724. The molecule has 1 aliphatic rings. The summed E-state index contributed by atoms with van der Waals surface area (Å²) in [4.78, 5) is 3.96. The highest BCUT2D eigenvalue weighted by Gasteiger charge is 2.33. The molecule has 2 N–H and O–H groups in total. The fraction of sp³-hybridized carbons (Fsp3) is 0.444. The van der Waals surface area contributed by atoms with E-state index in [1.807, 2.05) is 24.5 Å². The lowest BCUT2D eigenvalue weighted by atomic mass is 9.73. The molecule has 1 saturated carbocycles. The van der Waals surface area contributed by atoms with Gasteiger partial charge in [-0.15, -0.1) is 12.4 Å². The number of halogens is 1. The Labute approximate surface area is 78.6 Å². The van der Waals surface area contributed by atoms with Crippen LogP contribution < -0.4 is 5.73 Å². The van der Waals surface area contributed by atoms with E-state index in [2.05, 4.69) is 4.98 Å². The van der Waals surface area contributed by atoms with Crippen LogP contribution in [-0.2, 0) is 5.54 Å². The molecule has 0 amide bonds. The van der Waals surface area contributed by atoms with Gasteiger partial charge in [0.15, 0.2) is 0 Å². The van der Waals surface area contributed by atoms with Gasteiger partial charge < -0.3 is 5.73 Å². The van der Waals surface area contributed by atoms with Gasteiger partial charge in [0.1, 0.15) is 0 Å². The molecule has 66 valence electrons. The SMILES string of the molecule is Cl.NC1(c2ccncc2)CCC1. The largest absolute Gasteiger partial charge is 0.321 e. The Balaban J connectivity index is 0.000000720. The molecule has 0 unspecified atom stereocenters. The van der Waals surface area contributed by atoms with Gasteiger partial charge in [-0.1, -0.05) is 0 Å². The van der Waals surface area contributed by atoms with Crippen LogP contribution in [0.4, 0.5) is 0 Å². The van der Waals surface area contributed by atoms with Crippen LogP contribution in [0.25, 0.3) is 0 Å². The van der Waals surface area contributed by atoms with Gasteiger partial charge in [0.25, 0.3) is 0 Å². The molecule has 0 saturated heterocycles. The highest BCUT2D eigenvalue weighted by Crippen LogP contribution is 2.37. The lowest BCUT2D eigenvalue weighted by molar-refractivity contribution is 0.253. The lowest BCUT2D eigenvalue weighted by Gasteiger charge is -2.38. The highest BCUT2D eigenvalue weighted by atomic mass is 35.5. The molecule has 12 heavy (non-hydrogen) atoms. The molecule has 2 rings (SSSR count). The van der Waals surface area contributed by atoms with Crippen LogP contribution in [0.3, 0.4) is 0 Å². The van der Waals surface area contributed by atoms with E-state index in [9.17, 15) is 0 Å².